The number of hydrogen-bond acceptors (Lipinski definition) is 4. The van der Waals surface area contributed by atoms with E-state index in [9.17, 15) is 9.90 Å². The third-order valence-corrected chi connectivity index (χ3v) is 5.91. The van der Waals surface area contributed by atoms with Crippen molar-refractivity contribution in [3.63, 3.8) is 0 Å². The first-order valence-corrected chi connectivity index (χ1v) is 9.55. The van der Waals surface area contributed by atoms with Gasteiger partial charge in [-0.25, -0.2) is 4.79 Å². The number of furan rings is 1. The first-order chi connectivity index (χ1) is 12.1. The highest BCUT2D eigenvalue weighted by Gasteiger charge is 2.39. The molecule has 0 aromatic carbocycles. The molecule has 6 heteroatoms. The Morgan fingerprint density at radius 2 is 2.20 bits per heavy atom. The van der Waals surface area contributed by atoms with Gasteiger partial charge in [-0.15, -0.1) is 0 Å². The molecule has 0 spiro atoms. The molecule has 1 saturated carbocycles. The van der Waals surface area contributed by atoms with Crippen LogP contribution in [0.1, 0.15) is 57.3 Å². The average molecular weight is 349 g/mol. The number of aliphatic hydroxyl groups excluding tert-OH is 1. The lowest BCUT2D eigenvalue weighted by Crippen LogP contribution is -2.50. The van der Waals surface area contributed by atoms with Gasteiger partial charge in [0.25, 0.3) is 0 Å². The van der Waals surface area contributed by atoms with Gasteiger partial charge in [0.15, 0.2) is 0 Å². The zero-order valence-electron chi connectivity index (χ0n) is 15.2. The largest absolute Gasteiger partial charge is 0.468 e. The van der Waals surface area contributed by atoms with Crippen LogP contribution in [0.15, 0.2) is 22.8 Å². The Balaban J connectivity index is 1.56. The highest BCUT2D eigenvalue weighted by atomic mass is 16.3. The number of hydrogen-bond donors (Lipinski definition) is 3. The van der Waals surface area contributed by atoms with Gasteiger partial charge in [-0.05, 0) is 50.9 Å². The minimum absolute atomic E-state index is 0.0366. The summed E-state index contributed by atoms with van der Waals surface area (Å²) in [6.07, 6.45) is 8.29. The van der Waals surface area contributed by atoms with Crippen LogP contribution in [0.2, 0.25) is 0 Å². The Morgan fingerprint density at radius 1 is 1.40 bits per heavy atom. The third-order valence-electron chi connectivity index (χ3n) is 5.91. The van der Waals surface area contributed by atoms with Crippen molar-refractivity contribution in [3.8, 4) is 0 Å². The minimum atomic E-state index is -0.204. The maximum Gasteiger partial charge on any atom is 0.315 e. The second-order valence-electron chi connectivity index (χ2n) is 7.74. The number of nitrogens with zero attached hydrogens (tertiary/aromatic N) is 1. The van der Waals surface area contributed by atoms with Crippen molar-refractivity contribution >= 4 is 6.03 Å². The third kappa shape index (κ3) is 4.36. The van der Waals surface area contributed by atoms with Crippen LogP contribution in [0.25, 0.3) is 0 Å². The lowest BCUT2D eigenvalue weighted by Gasteiger charge is -2.34. The molecule has 140 valence electrons. The van der Waals surface area contributed by atoms with Crippen molar-refractivity contribution in [3.05, 3.63) is 24.2 Å². The number of nitrogens with one attached hydrogen (secondary N) is 2. The Morgan fingerprint density at radius 3 is 2.88 bits per heavy atom. The summed E-state index contributed by atoms with van der Waals surface area (Å²) >= 11 is 0. The minimum Gasteiger partial charge on any atom is -0.468 e. The lowest BCUT2D eigenvalue weighted by molar-refractivity contribution is 0.119. The van der Waals surface area contributed by atoms with Crippen LogP contribution in [0.3, 0.4) is 0 Å². The summed E-state index contributed by atoms with van der Waals surface area (Å²) in [6, 6.07) is 3.85. The summed E-state index contributed by atoms with van der Waals surface area (Å²) < 4.78 is 5.62. The summed E-state index contributed by atoms with van der Waals surface area (Å²) in [5, 5.41) is 15.7. The molecule has 1 aliphatic heterocycles. The molecule has 1 aromatic heterocycles. The van der Waals surface area contributed by atoms with Gasteiger partial charge in [-0.3, -0.25) is 4.90 Å². The smallest absolute Gasteiger partial charge is 0.315 e. The fraction of sp³-hybridized carbons (Fsp3) is 0.737. The van der Waals surface area contributed by atoms with Crippen molar-refractivity contribution in [2.75, 3.05) is 26.2 Å². The Hall–Kier alpha value is -1.53. The van der Waals surface area contributed by atoms with Gasteiger partial charge in [0.05, 0.1) is 18.9 Å². The van der Waals surface area contributed by atoms with Crippen molar-refractivity contribution in [2.24, 2.45) is 5.41 Å². The summed E-state index contributed by atoms with van der Waals surface area (Å²) in [5.41, 5.74) is -0.204. The second kappa shape index (κ2) is 8.23. The Kier molecular flexibility index (Phi) is 6.02. The monoisotopic (exact) mass is 349 g/mol. The van der Waals surface area contributed by atoms with Crippen LogP contribution in [-0.4, -0.2) is 48.3 Å². The number of likely N-dealkylation sites (tertiary alicyclic amines) is 1. The van der Waals surface area contributed by atoms with Crippen LogP contribution >= 0.6 is 0 Å². The number of rotatable bonds is 6. The molecular formula is C19H31N3O3. The molecule has 2 heterocycles. The fourth-order valence-electron chi connectivity index (χ4n) is 4.19. The van der Waals surface area contributed by atoms with Gasteiger partial charge in [0.2, 0.25) is 0 Å². The average Bonchev–Trinajstić information content (AvgIpc) is 3.27. The van der Waals surface area contributed by atoms with E-state index < -0.39 is 0 Å². The molecule has 25 heavy (non-hydrogen) atoms. The van der Waals surface area contributed by atoms with Gasteiger partial charge in [0, 0.05) is 18.0 Å². The quantitative estimate of drug-likeness (QED) is 0.738. The van der Waals surface area contributed by atoms with Crippen molar-refractivity contribution < 1.29 is 14.3 Å². The van der Waals surface area contributed by atoms with E-state index in [1.165, 1.54) is 19.3 Å². The highest BCUT2D eigenvalue weighted by Crippen LogP contribution is 2.37. The maximum atomic E-state index is 12.4. The zero-order valence-corrected chi connectivity index (χ0v) is 15.2. The molecule has 0 bridgehead atoms. The molecule has 2 fully saturated rings. The zero-order chi connectivity index (χ0) is 17.7. The van der Waals surface area contributed by atoms with Crippen LogP contribution in [0, 0.1) is 5.41 Å². The molecular weight excluding hydrogens is 318 g/mol. The van der Waals surface area contributed by atoms with E-state index in [1.54, 1.807) is 6.26 Å². The molecule has 3 rings (SSSR count). The number of urea groups is 1. The molecule has 2 amide bonds. The lowest BCUT2D eigenvalue weighted by atomic mass is 9.86. The molecule has 1 saturated heterocycles. The second-order valence-corrected chi connectivity index (χ2v) is 7.74. The maximum absolute atomic E-state index is 12.4. The van der Waals surface area contributed by atoms with E-state index in [1.807, 2.05) is 19.1 Å². The number of aliphatic hydroxyl groups is 1. The van der Waals surface area contributed by atoms with Gasteiger partial charge in [-0.1, -0.05) is 19.8 Å². The van der Waals surface area contributed by atoms with Gasteiger partial charge < -0.3 is 20.2 Å². The van der Waals surface area contributed by atoms with Gasteiger partial charge in [-0.2, -0.15) is 0 Å². The van der Waals surface area contributed by atoms with E-state index in [-0.39, 0.29) is 30.1 Å². The molecule has 3 N–H and O–H groups in total. The SMILES string of the molecule is CC1(CO)CCCC1NC(=O)NCC(c1ccco1)N1CCCCC1. The highest BCUT2D eigenvalue weighted by molar-refractivity contribution is 5.74. The predicted octanol–water partition coefficient (Wildman–Crippen LogP) is 2.66. The van der Waals surface area contributed by atoms with E-state index in [4.69, 9.17) is 4.42 Å². The summed E-state index contributed by atoms with van der Waals surface area (Å²) in [6.45, 7) is 4.77. The summed E-state index contributed by atoms with van der Waals surface area (Å²) in [5.74, 6) is 0.906. The van der Waals surface area contributed by atoms with E-state index >= 15 is 0 Å². The Bertz CT molecular complexity index is 542. The van der Waals surface area contributed by atoms with Crippen LogP contribution in [0.4, 0.5) is 4.79 Å². The van der Waals surface area contributed by atoms with Crippen LogP contribution in [0.5, 0.6) is 0 Å². The first kappa shape index (κ1) is 18.3. The number of piperidine rings is 1. The standard InChI is InChI=1S/C19H31N3O3/c1-19(14-23)9-5-8-17(19)21-18(24)20-13-15(16-7-6-12-25-16)22-10-3-2-4-11-22/h6-7,12,15,17,23H,2-5,8-11,13-14H2,1H3,(H2,20,21,24). The fourth-order valence-corrected chi connectivity index (χ4v) is 4.19. The molecule has 3 unspecified atom stereocenters. The predicted molar refractivity (Wildman–Crippen MR) is 96.2 cm³/mol. The summed E-state index contributed by atoms with van der Waals surface area (Å²) in [4.78, 5) is 14.8. The molecule has 3 atom stereocenters. The molecule has 6 nitrogen and oxygen atoms in total. The van der Waals surface area contributed by atoms with Crippen molar-refractivity contribution in [1.82, 2.24) is 15.5 Å². The molecule has 2 aliphatic rings. The summed E-state index contributed by atoms with van der Waals surface area (Å²) in [7, 11) is 0. The number of amides is 2. The molecule has 1 aromatic rings. The van der Waals surface area contributed by atoms with E-state index in [2.05, 4.69) is 15.5 Å². The van der Waals surface area contributed by atoms with E-state index in [0.29, 0.717) is 6.54 Å². The van der Waals surface area contributed by atoms with Crippen molar-refractivity contribution in [1.29, 1.82) is 0 Å². The van der Waals surface area contributed by atoms with Crippen molar-refractivity contribution in [2.45, 2.75) is 57.5 Å². The molecule has 0 radical (unpaired) electrons. The topological polar surface area (TPSA) is 77.7 Å². The molecule has 1 aliphatic carbocycles. The van der Waals surface area contributed by atoms with Gasteiger partial charge >= 0.3 is 6.03 Å². The van der Waals surface area contributed by atoms with Gasteiger partial charge in [0.1, 0.15) is 5.76 Å². The van der Waals surface area contributed by atoms with Crippen LogP contribution in [-0.2, 0) is 0 Å². The number of carbonyl (C=O) groups is 1. The first-order valence-electron chi connectivity index (χ1n) is 9.55. The Labute approximate surface area is 150 Å². The van der Waals surface area contributed by atoms with E-state index in [0.717, 1.165) is 38.1 Å². The van der Waals surface area contributed by atoms with Crippen LogP contribution < -0.4 is 10.6 Å². The number of carbonyl (C=O) groups excluding carboxylic acids is 1. The normalized spacial score (nSPS) is 28.6.